The second-order valence-electron chi connectivity index (χ2n) is 5.59. The van der Waals surface area contributed by atoms with E-state index in [-0.39, 0.29) is 12.6 Å². The minimum absolute atomic E-state index is 0.0586. The molecule has 0 bridgehead atoms. The number of carbonyl (C=O) groups is 1. The topological polar surface area (TPSA) is 70.0 Å². The first kappa shape index (κ1) is 16.3. The zero-order valence-corrected chi connectivity index (χ0v) is 13.8. The van der Waals surface area contributed by atoms with Gasteiger partial charge in [-0.1, -0.05) is 15.9 Å². The number of carboxylic acids is 1. The number of halogens is 1. The van der Waals surface area contributed by atoms with Gasteiger partial charge in [0, 0.05) is 22.6 Å². The molecular formula is C15H20BrNO4. The van der Waals surface area contributed by atoms with E-state index < -0.39 is 11.6 Å². The third-order valence-corrected chi connectivity index (χ3v) is 4.38. The maximum Gasteiger partial charge on any atom is 0.336 e. The predicted octanol–water partition coefficient (Wildman–Crippen LogP) is 2.43. The summed E-state index contributed by atoms with van der Waals surface area (Å²) in [5.74, 6) is -0.417. The number of benzene rings is 1. The van der Waals surface area contributed by atoms with Crippen LogP contribution in [0.5, 0.6) is 5.75 Å². The lowest BCUT2D eigenvalue weighted by Crippen LogP contribution is -2.46. The molecule has 0 aliphatic carbocycles. The Kier molecular flexibility index (Phi) is 4.91. The third-order valence-electron chi connectivity index (χ3n) is 3.89. The number of likely N-dealkylation sites (tertiary alicyclic amines) is 1. The first-order valence-electron chi connectivity index (χ1n) is 6.88. The number of aliphatic hydroxyl groups is 1. The van der Waals surface area contributed by atoms with E-state index in [9.17, 15) is 9.90 Å². The van der Waals surface area contributed by atoms with Crippen molar-refractivity contribution in [2.24, 2.45) is 0 Å². The number of nitrogens with zero attached hydrogens (tertiary/aromatic N) is 1. The minimum Gasteiger partial charge on any atom is -0.496 e. The predicted molar refractivity (Wildman–Crippen MR) is 82.5 cm³/mol. The molecule has 1 aromatic rings. The number of β-amino-alcohol motifs (C(OH)–C–C–N with tert-alkyl or cyclic N) is 1. The van der Waals surface area contributed by atoms with Crippen LogP contribution in [-0.4, -0.2) is 46.9 Å². The highest BCUT2D eigenvalue weighted by Crippen LogP contribution is 2.38. The Labute approximate surface area is 132 Å². The van der Waals surface area contributed by atoms with Crippen molar-refractivity contribution in [2.45, 2.75) is 31.4 Å². The number of rotatable bonds is 5. The molecule has 0 radical (unpaired) electrons. The summed E-state index contributed by atoms with van der Waals surface area (Å²) in [5.41, 5.74) is -0.729. The fraction of sp³-hybridized carbons (Fsp3) is 0.533. The maximum atomic E-state index is 11.1. The molecule has 1 aliphatic heterocycles. The highest BCUT2D eigenvalue weighted by molar-refractivity contribution is 9.10. The number of aliphatic carboxylic acids is 1. The quantitative estimate of drug-likeness (QED) is 0.846. The van der Waals surface area contributed by atoms with Gasteiger partial charge < -0.3 is 14.9 Å². The van der Waals surface area contributed by atoms with Gasteiger partial charge in [-0.3, -0.25) is 4.90 Å². The molecule has 1 aliphatic rings. The van der Waals surface area contributed by atoms with Crippen LogP contribution in [0.2, 0.25) is 0 Å². The van der Waals surface area contributed by atoms with Crippen molar-refractivity contribution in [3.8, 4) is 5.75 Å². The van der Waals surface area contributed by atoms with E-state index >= 15 is 0 Å². The summed E-state index contributed by atoms with van der Waals surface area (Å²) in [7, 11) is 1.62. The Morgan fingerprint density at radius 3 is 2.90 bits per heavy atom. The Morgan fingerprint density at radius 2 is 2.29 bits per heavy atom. The molecule has 1 saturated heterocycles. The Bertz CT molecular complexity index is 532. The highest BCUT2D eigenvalue weighted by Gasteiger charge is 2.37. The molecular weight excluding hydrogens is 338 g/mol. The zero-order valence-electron chi connectivity index (χ0n) is 12.2. The summed E-state index contributed by atoms with van der Waals surface area (Å²) in [4.78, 5) is 13.1. The van der Waals surface area contributed by atoms with Crippen molar-refractivity contribution in [1.29, 1.82) is 0 Å². The molecule has 0 spiro atoms. The molecule has 1 fully saturated rings. The molecule has 2 atom stereocenters. The van der Waals surface area contributed by atoms with Crippen LogP contribution in [0.15, 0.2) is 22.7 Å². The lowest BCUT2D eigenvalue weighted by molar-refractivity contribution is -0.158. The Morgan fingerprint density at radius 1 is 1.57 bits per heavy atom. The summed E-state index contributed by atoms with van der Waals surface area (Å²) in [6.07, 6.45) is 1.89. The van der Waals surface area contributed by atoms with Crippen LogP contribution in [0, 0.1) is 0 Å². The molecule has 21 heavy (non-hydrogen) atoms. The maximum absolute atomic E-state index is 11.1. The van der Waals surface area contributed by atoms with Crippen molar-refractivity contribution in [2.75, 3.05) is 20.2 Å². The largest absolute Gasteiger partial charge is 0.496 e. The van der Waals surface area contributed by atoms with E-state index in [1.54, 1.807) is 7.11 Å². The molecule has 0 aromatic heterocycles. The number of carboxylic acid groups (broad SMARTS) is 1. The van der Waals surface area contributed by atoms with Crippen LogP contribution in [0.25, 0.3) is 0 Å². The molecule has 1 aromatic carbocycles. The molecule has 1 heterocycles. The fourth-order valence-corrected chi connectivity index (χ4v) is 3.18. The standard InChI is InChI=1S/C15H20BrNO4/c1-15(20,14(18)19)9-17-7-3-4-12(17)11-8-10(16)5-6-13(11)21-2/h5-6,8,12,20H,3-4,7,9H2,1-2H3,(H,18,19). The van der Waals surface area contributed by atoms with Gasteiger partial charge in [0.1, 0.15) is 5.75 Å². The van der Waals surface area contributed by atoms with Crippen molar-refractivity contribution in [1.82, 2.24) is 4.90 Å². The van der Waals surface area contributed by atoms with Crippen molar-refractivity contribution in [3.05, 3.63) is 28.2 Å². The SMILES string of the molecule is COc1ccc(Br)cc1C1CCCN1CC(C)(O)C(=O)O. The van der Waals surface area contributed by atoms with Gasteiger partial charge >= 0.3 is 5.97 Å². The summed E-state index contributed by atoms with van der Waals surface area (Å²) >= 11 is 3.46. The first-order valence-corrected chi connectivity index (χ1v) is 7.67. The number of hydrogen-bond acceptors (Lipinski definition) is 4. The Hall–Kier alpha value is -1.11. The zero-order chi connectivity index (χ0) is 15.6. The number of methoxy groups -OCH3 is 1. The summed E-state index contributed by atoms with van der Waals surface area (Å²) < 4.78 is 6.37. The van der Waals surface area contributed by atoms with E-state index in [2.05, 4.69) is 15.9 Å². The van der Waals surface area contributed by atoms with Gasteiger partial charge in [-0.25, -0.2) is 4.79 Å². The third kappa shape index (κ3) is 3.56. The van der Waals surface area contributed by atoms with Gasteiger partial charge in [0.15, 0.2) is 5.60 Å². The van der Waals surface area contributed by atoms with Crippen molar-refractivity contribution >= 4 is 21.9 Å². The second kappa shape index (κ2) is 6.34. The van der Waals surface area contributed by atoms with Gasteiger partial charge in [-0.15, -0.1) is 0 Å². The van der Waals surface area contributed by atoms with Crippen LogP contribution in [0.4, 0.5) is 0 Å². The first-order chi connectivity index (χ1) is 9.85. The lowest BCUT2D eigenvalue weighted by atomic mass is 10.0. The summed E-state index contributed by atoms with van der Waals surface area (Å²) in [6.45, 7) is 2.20. The van der Waals surface area contributed by atoms with Crippen LogP contribution >= 0.6 is 15.9 Å². The van der Waals surface area contributed by atoms with Gasteiger partial charge in [-0.2, -0.15) is 0 Å². The summed E-state index contributed by atoms with van der Waals surface area (Å²) in [5, 5.41) is 19.1. The second-order valence-corrected chi connectivity index (χ2v) is 6.51. The van der Waals surface area contributed by atoms with Gasteiger partial charge in [-0.05, 0) is 44.5 Å². The number of hydrogen-bond donors (Lipinski definition) is 2. The van der Waals surface area contributed by atoms with Gasteiger partial charge in [0.25, 0.3) is 0 Å². The minimum atomic E-state index is -1.75. The smallest absolute Gasteiger partial charge is 0.336 e. The summed E-state index contributed by atoms with van der Waals surface area (Å²) in [6, 6.07) is 5.86. The van der Waals surface area contributed by atoms with Crippen molar-refractivity contribution in [3.63, 3.8) is 0 Å². The highest BCUT2D eigenvalue weighted by atomic mass is 79.9. The van der Waals surface area contributed by atoms with Crippen LogP contribution in [-0.2, 0) is 4.79 Å². The van der Waals surface area contributed by atoms with E-state index in [0.29, 0.717) is 0 Å². The molecule has 5 nitrogen and oxygen atoms in total. The van der Waals surface area contributed by atoms with Gasteiger partial charge in [0.2, 0.25) is 0 Å². The monoisotopic (exact) mass is 357 g/mol. The molecule has 2 N–H and O–H groups in total. The normalized spacial score (nSPS) is 22.0. The van der Waals surface area contributed by atoms with E-state index in [0.717, 1.165) is 35.2 Å². The number of ether oxygens (including phenoxy) is 1. The molecule has 0 amide bonds. The molecule has 2 rings (SSSR count). The molecule has 116 valence electrons. The average Bonchev–Trinajstić information content (AvgIpc) is 2.85. The lowest BCUT2D eigenvalue weighted by Gasteiger charge is -2.31. The molecule has 6 heteroatoms. The Balaban J connectivity index is 2.27. The van der Waals surface area contributed by atoms with E-state index in [4.69, 9.17) is 9.84 Å². The van der Waals surface area contributed by atoms with Crippen LogP contribution < -0.4 is 4.74 Å². The molecule has 0 saturated carbocycles. The van der Waals surface area contributed by atoms with E-state index in [1.165, 1.54) is 6.92 Å². The average molecular weight is 358 g/mol. The van der Waals surface area contributed by atoms with Crippen LogP contribution in [0.1, 0.15) is 31.4 Å². The van der Waals surface area contributed by atoms with Gasteiger partial charge in [0.05, 0.1) is 7.11 Å². The van der Waals surface area contributed by atoms with Crippen LogP contribution in [0.3, 0.4) is 0 Å². The fourth-order valence-electron chi connectivity index (χ4n) is 2.80. The van der Waals surface area contributed by atoms with Crippen molar-refractivity contribution < 1.29 is 19.7 Å². The van der Waals surface area contributed by atoms with E-state index in [1.807, 2.05) is 23.1 Å². The molecule has 2 unspecified atom stereocenters.